The number of aryl methyl sites for hydroxylation is 1. The Bertz CT molecular complexity index is 867. The third-order valence-electron chi connectivity index (χ3n) is 4.51. The van der Waals surface area contributed by atoms with Crippen LogP contribution in [0.15, 0.2) is 24.3 Å². The van der Waals surface area contributed by atoms with E-state index < -0.39 is 17.7 Å². The van der Waals surface area contributed by atoms with Gasteiger partial charge in [0.05, 0.1) is 16.8 Å². The molecule has 1 aromatic carbocycles. The summed E-state index contributed by atoms with van der Waals surface area (Å²) in [4.78, 5) is 38.1. The molecule has 0 radical (unpaired) electrons. The third-order valence-corrected chi connectivity index (χ3v) is 4.51. The predicted octanol–water partition coefficient (Wildman–Crippen LogP) is 0.300. The van der Waals surface area contributed by atoms with Crippen molar-refractivity contribution >= 4 is 23.5 Å². The highest BCUT2D eigenvalue weighted by Gasteiger charge is 2.36. The summed E-state index contributed by atoms with van der Waals surface area (Å²) in [5.41, 5.74) is 2.58. The molecule has 1 aromatic heterocycles. The van der Waals surface area contributed by atoms with Gasteiger partial charge in [0.25, 0.3) is 11.8 Å². The number of nitrogens with zero attached hydrogens (tertiary/aromatic N) is 3. The van der Waals surface area contributed by atoms with Gasteiger partial charge < -0.3 is 10.6 Å². The van der Waals surface area contributed by atoms with Gasteiger partial charge in [-0.2, -0.15) is 5.10 Å². The number of hydrogen-bond acceptors (Lipinski definition) is 5. The van der Waals surface area contributed by atoms with Gasteiger partial charge in [-0.25, -0.2) is 0 Å². The Kier molecular flexibility index (Phi) is 3.61. The molecule has 0 aliphatic carbocycles. The van der Waals surface area contributed by atoms with Gasteiger partial charge >= 0.3 is 0 Å². The van der Waals surface area contributed by atoms with E-state index in [2.05, 4.69) is 15.7 Å². The zero-order chi connectivity index (χ0) is 17.6. The monoisotopic (exact) mass is 339 g/mol. The van der Waals surface area contributed by atoms with Crippen LogP contribution in [0.3, 0.4) is 0 Å². The van der Waals surface area contributed by atoms with Gasteiger partial charge in [-0.05, 0) is 12.1 Å². The molecule has 25 heavy (non-hydrogen) atoms. The number of rotatable bonds is 3. The summed E-state index contributed by atoms with van der Waals surface area (Å²) in [6.45, 7) is 1.16. The van der Waals surface area contributed by atoms with Gasteiger partial charge in [0, 0.05) is 32.1 Å². The molecule has 0 atom stereocenters. The second-order valence-corrected chi connectivity index (χ2v) is 6.11. The summed E-state index contributed by atoms with van der Waals surface area (Å²) in [5, 5.41) is 10.4. The quantitative estimate of drug-likeness (QED) is 0.784. The highest BCUT2D eigenvalue weighted by Crippen LogP contribution is 2.24. The molecule has 2 N–H and O–H groups in total. The summed E-state index contributed by atoms with van der Waals surface area (Å²) in [6, 6.07) is 6.58. The average molecular weight is 339 g/mol. The molecule has 128 valence electrons. The van der Waals surface area contributed by atoms with Crippen molar-refractivity contribution in [2.24, 2.45) is 7.05 Å². The Labute approximate surface area is 143 Å². The van der Waals surface area contributed by atoms with Crippen molar-refractivity contribution < 1.29 is 14.4 Å². The highest BCUT2D eigenvalue weighted by molar-refractivity contribution is 6.22. The molecule has 8 heteroatoms. The summed E-state index contributed by atoms with van der Waals surface area (Å²) in [5.74, 6) is -0.705. The summed E-state index contributed by atoms with van der Waals surface area (Å²) in [6.07, 6.45) is 0.803. The average Bonchev–Trinajstić information content (AvgIpc) is 3.05. The van der Waals surface area contributed by atoms with E-state index in [1.807, 2.05) is 0 Å². The molecule has 0 saturated heterocycles. The topological polar surface area (TPSA) is 96.3 Å². The fourth-order valence-corrected chi connectivity index (χ4v) is 3.28. The number of imide groups is 1. The predicted molar refractivity (Wildman–Crippen MR) is 89.1 cm³/mol. The normalized spacial score (nSPS) is 16.0. The van der Waals surface area contributed by atoms with Crippen molar-refractivity contribution in [2.45, 2.75) is 13.0 Å². The number of hydrogen-bond donors (Lipinski definition) is 2. The maximum absolute atomic E-state index is 12.4. The first-order valence-corrected chi connectivity index (χ1v) is 8.07. The molecule has 2 aliphatic rings. The molecule has 0 unspecified atom stereocenters. The van der Waals surface area contributed by atoms with Crippen LogP contribution in [0, 0.1) is 0 Å². The number of fused-ring (bicyclic) bond motifs is 2. The number of anilines is 1. The molecule has 0 spiro atoms. The minimum absolute atomic E-state index is 0.320. The van der Waals surface area contributed by atoms with Crippen molar-refractivity contribution in [1.29, 1.82) is 0 Å². The Balaban J connectivity index is 1.52. The van der Waals surface area contributed by atoms with E-state index in [-0.39, 0.29) is 6.54 Å². The first-order valence-electron chi connectivity index (χ1n) is 8.07. The lowest BCUT2D eigenvalue weighted by atomic mass is 10.1. The molecule has 0 fully saturated rings. The second kappa shape index (κ2) is 5.82. The molecule has 3 amide bonds. The Morgan fingerprint density at radius 3 is 2.60 bits per heavy atom. The Morgan fingerprint density at radius 1 is 1.24 bits per heavy atom. The van der Waals surface area contributed by atoms with E-state index in [9.17, 15) is 14.4 Å². The first kappa shape index (κ1) is 15.5. The summed E-state index contributed by atoms with van der Waals surface area (Å²) >= 11 is 0. The van der Waals surface area contributed by atoms with Gasteiger partial charge in [-0.15, -0.1) is 0 Å². The zero-order valence-corrected chi connectivity index (χ0v) is 13.7. The van der Waals surface area contributed by atoms with Crippen molar-refractivity contribution in [3.63, 3.8) is 0 Å². The van der Waals surface area contributed by atoms with E-state index >= 15 is 0 Å². The van der Waals surface area contributed by atoms with Gasteiger partial charge in [-0.3, -0.25) is 24.0 Å². The minimum atomic E-state index is -0.440. The number of carbonyl (C=O) groups is 3. The zero-order valence-electron chi connectivity index (χ0n) is 13.7. The first-order chi connectivity index (χ1) is 12.1. The van der Waals surface area contributed by atoms with E-state index in [1.54, 1.807) is 36.0 Å². The standard InChI is InChI=1S/C17H17N5O3/c1-21-15(12-8-18-7-6-13(12)20-21)19-14(23)9-22-16(24)10-4-2-3-5-11(10)17(22)25/h2-5,18H,6-9H2,1H3,(H,19,23). The van der Waals surface area contributed by atoms with E-state index in [1.165, 1.54) is 0 Å². The van der Waals surface area contributed by atoms with Crippen LogP contribution >= 0.6 is 0 Å². The maximum Gasteiger partial charge on any atom is 0.262 e. The van der Waals surface area contributed by atoms with Gasteiger partial charge in [0.2, 0.25) is 5.91 Å². The van der Waals surface area contributed by atoms with Crippen LogP contribution in [0.2, 0.25) is 0 Å². The van der Waals surface area contributed by atoms with Crippen LogP contribution in [0.5, 0.6) is 0 Å². The van der Waals surface area contributed by atoms with Crippen molar-refractivity contribution in [3.8, 4) is 0 Å². The Hall–Kier alpha value is -3.00. The number of carbonyl (C=O) groups excluding carboxylic acids is 3. The summed E-state index contributed by atoms with van der Waals surface area (Å²) < 4.78 is 1.62. The van der Waals surface area contributed by atoms with Crippen LogP contribution in [0.1, 0.15) is 32.0 Å². The number of nitrogens with one attached hydrogen (secondary N) is 2. The lowest BCUT2D eigenvalue weighted by Crippen LogP contribution is -2.37. The van der Waals surface area contributed by atoms with Gasteiger partial charge in [-0.1, -0.05) is 12.1 Å². The fraction of sp³-hybridized carbons (Fsp3) is 0.294. The number of amides is 3. The molecule has 0 bridgehead atoms. The van der Waals surface area contributed by atoms with Crippen molar-refractivity contribution in [3.05, 3.63) is 46.6 Å². The van der Waals surface area contributed by atoms with Crippen LogP contribution in [-0.4, -0.2) is 45.5 Å². The molecule has 8 nitrogen and oxygen atoms in total. The molecule has 0 saturated carbocycles. The van der Waals surface area contributed by atoms with Crippen molar-refractivity contribution in [1.82, 2.24) is 20.0 Å². The fourth-order valence-electron chi connectivity index (χ4n) is 3.28. The molecule has 2 aromatic rings. The molecule has 2 aliphatic heterocycles. The van der Waals surface area contributed by atoms with E-state index in [4.69, 9.17) is 0 Å². The van der Waals surface area contributed by atoms with Gasteiger partial charge in [0.15, 0.2) is 0 Å². The summed E-state index contributed by atoms with van der Waals surface area (Å²) in [7, 11) is 1.76. The lowest BCUT2D eigenvalue weighted by Gasteiger charge is -2.16. The van der Waals surface area contributed by atoms with Crippen LogP contribution in [0.25, 0.3) is 0 Å². The van der Waals surface area contributed by atoms with Crippen LogP contribution in [-0.2, 0) is 24.8 Å². The minimum Gasteiger partial charge on any atom is -0.312 e. The molecule has 3 heterocycles. The van der Waals surface area contributed by atoms with Crippen LogP contribution in [0.4, 0.5) is 5.82 Å². The van der Waals surface area contributed by atoms with Crippen molar-refractivity contribution in [2.75, 3.05) is 18.4 Å². The molecular weight excluding hydrogens is 322 g/mol. The van der Waals surface area contributed by atoms with Gasteiger partial charge in [0.1, 0.15) is 12.4 Å². The largest absolute Gasteiger partial charge is 0.312 e. The second-order valence-electron chi connectivity index (χ2n) is 6.11. The number of aromatic nitrogens is 2. The SMILES string of the molecule is Cn1nc2c(c1NC(=O)CN1C(=O)c3ccccc3C1=O)CNCC2. The van der Waals surface area contributed by atoms with E-state index in [0.717, 1.165) is 29.1 Å². The molecule has 4 rings (SSSR count). The smallest absolute Gasteiger partial charge is 0.262 e. The Morgan fingerprint density at radius 2 is 1.92 bits per heavy atom. The number of benzene rings is 1. The molecular formula is C17H17N5O3. The highest BCUT2D eigenvalue weighted by atomic mass is 16.2. The third kappa shape index (κ3) is 2.51. The maximum atomic E-state index is 12.4. The van der Waals surface area contributed by atoms with E-state index in [0.29, 0.717) is 23.5 Å². The lowest BCUT2D eigenvalue weighted by molar-refractivity contribution is -0.116. The van der Waals surface area contributed by atoms with Crippen LogP contribution < -0.4 is 10.6 Å².